The fraction of sp³-hybridized carbons (Fsp3) is 0.923. The van der Waals surface area contributed by atoms with Crippen molar-refractivity contribution in [2.24, 2.45) is 0 Å². The van der Waals surface area contributed by atoms with Gasteiger partial charge in [0.25, 0.3) is 0 Å². The zero-order valence-electron chi connectivity index (χ0n) is 11.4. The number of nitrogens with one attached hydrogen (secondary N) is 1. The molecule has 0 aromatic carbocycles. The van der Waals surface area contributed by atoms with Crippen LogP contribution >= 0.6 is 0 Å². The zero-order chi connectivity index (χ0) is 12.4. The number of hydrogen-bond donors (Lipinski definition) is 1. The molecule has 0 aliphatic carbocycles. The van der Waals surface area contributed by atoms with Crippen LogP contribution in [0.15, 0.2) is 0 Å². The number of unbranched alkanes of at least 4 members (excludes halogenated alkanes) is 2. The summed E-state index contributed by atoms with van der Waals surface area (Å²) in [5.74, 6) is 0.197. The Bertz CT molecular complexity index is 179. The summed E-state index contributed by atoms with van der Waals surface area (Å²) in [6.45, 7) is 11.2. The highest BCUT2D eigenvalue weighted by molar-refractivity contribution is 5.81. The minimum absolute atomic E-state index is 0.0524. The minimum Gasteiger partial charge on any atom is -0.355 e. The predicted octanol–water partition coefficient (Wildman–Crippen LogP) is 2.41. The van der Waals surface area contributed by atoms with Crippen molar-refractivity contribution < 1.29 is 4.79 Å². The highest BCUT2D eigenvalue weighted by Crippen LogP contribution is 2.04. The fourth-order valence-electron chi connectivity index (χ4n) is 1.98. The Balaban J connectivity index is 3.99. The van der Waals surface area contributed by atoms with Gasteiger partial charge < -0.3 is 5.32 Å². The average molecular weight is 228 g/mol. The topological polar surface area (TPSA) is 32.3 Å². The van der Waals surface area contributed by atoms with Crippen LogP contribution in [0, 0.1) is 0 Å². The van der Waals surface area contributed by atoms with Crippen molar-refractivity contribution in [1.82, 2.24) is 10.2 Å². The monoisotopic (exact) mass is 228 g/mol. The Labute approximate surface area is 101 Å². The number of carbonyl (C=O) groups is 1. The number of rotatable bonds is 9. The molecule has 1 N–H and O–H groups in total. The molecular formula is C13H28N2O. The number of nitrogens with zero attached hydrogens (tertiary/aromatic N) is 1. The first-order valence-corrected chi connectivity index (χ1v) is 6.72. The first-order chi connectivity index (χ1) is 7.71. The Morgan fingerprint density at radius 3 is 2.19 bits per heavy atom. The number of carbonyl (C=O) groups excluding carboxylic acids is 1. The third-order valence-corrected chi connectivity index (χ3v) is 3.02. The highest BCUT2D eigenvalue weighted by Gasteiger charge is 2.20. The van der Waals surface area contributed by atoms with Crippen molar-refractivity contribution in [3.63, 3.8) is 0 Å². The normalized spacial score (nSPS) is 12.8. The first-order valence-electron chi connectivity index (χ1n) is 6.72. The van der Waals surface area contributed by atoms with Crippen LogP contribution in [-0.2, 0) is 4.79 Å². The second-order valence-corrected chi connectivity index (χ2v) is 4.14. The number of hydrogen-bond acceptors (Lipinski definition) is 2. The van der Waals surface area contributed by atoms with Gasteiger partial charge in [0.05, 0.1) is 6.04 Å². The van der Waals surface area contributed by atoms with E-state index in [1.807, 2.05) is 0 Å². The molecule has 0 saturated carbocycles. The number of amides is 1. The highest BCUT2D eigenvalue weighted by atomic mass is 16.2. The summed E-state index contributed by atoms with van der Waals surface area (Å²) in [4.78, 5) is 14.2. The lowest BCUT2D eigenvalue weighted by Crippen LogP contribution is -2.46. The minimum atomic E-state index is 0.0524. The Kier molecular flexibility index (Phi) is 9.30. The van der Waals surface area contributed by atoms with E-state index in [-0.39, 0.29) is 11.9 Å². The van der Waals surface area contributed by atoms with E-state index in [0.717, 1.165) is 32.5 Å². The molecule has 1 unspecified atom stereocenters. The third kappa shape index (κ3) is 5.50. The summed E-state index contributed by atoms with van der Waals surface area (Å²) in [7, 11) is 0. The fourth-order valence-corrected chi connectivity index (χ4v) is 1.98. The van der Waals surface area contributed by atoms with Gasteiger partial charge >= 0.3 is 0 Å². The molecule has 0 aliphatic heterocycles. The van der Waals surface area contributed by atoms with Gasteiger partial charge in [-0.1, -0.05) is 40.5 Å². The summed E-state index contributed by atoms with van der Waals surface area (Å²) >= 11 is 0. The quantitative estimate of drug-likeness (QED) is 0.615. The molecule has 0 radical (unpaired) electrons. The van der Waals surface area contributed by atoms with E-state index in [1.165, 1.54) is 12.8 Å². The summed E-state index contributed by atoms with van der Waals surface area (Å²) < 4.78 is 0. The summed E-state index contributed by atoms with van der Waals surface area (Å²) in [5.41, 5.74) is 0. The SMILES string of the molecule is CCCCCNC(=O)C(CC)N(CC)CC. The Morgan fingerprint density at radius 1 is 1.12 bits per heavy atom. The van der Waals surface area contributed by atoms with Gasteiger partial charge in [-0.2, -0.15) is 0 Å². The van der Waals surface area contributed by atoms with Crippen molar-refractivity contribution in [3.05, 3.63) is 0 Å². The molecule has 0 saturated heterocycles. The van der Waals surface area contributed by atoms with Gasteiger partial charge in [-0.05, 0) is 25.9 Å². The Morgan fingerprint density at radius 2 is 1.75 bits per heavy atom. The first kappa shape index (κ1) is 15.4. The van der Waals surface area contributed by atoms with Gasteiger partial charge in [-0.15, -0.1) is 0 Å². The summed E-state index contributed by atoms with van der Waals surface area (Å²) in [6, 6.07) is 0.0524. The van der Waals surface area contributed by atoms with Crippen molar-refractivity contribution in [2.75, 3.05) is 19.6 Å². The van der Waals surface area contributed by atoms with E-state index in [1.54, 1.807) is 0 Å². The maximum absolute atomic E-state index is 11.9. The van der Waals surface area contributed by atoms with Gasteiger partial charge in [0.2, 0.25) is 5.91 Å². The van der Waals surface area contributed by atoms with E-state index in [2.05, 4.69) is 37.9 Å². The maximum atomic E-state index is 11.9. The van der Waals surface area contributed by atoms with Crippen molar-refractivity contribution in [2.45, 2.75) is 59.4 Å². The zero-order valence-corrected chi connectivity index (χ0v) is 11.4. The smallest absolute Gasteiger partial charge is 0.237 e. The second kappa shape index (κ2) is 9.64. The molecule has 3 nitrogen and oxygen atoms in total. The van der Waals surface area contributed by atoms with Crippen LogP contribution in [0.25, 0.3) is 0 Å². The van der Waals surface area contributed by atoms with Gasteiger partial charge in [0, 0.05) is 6.54 Å². The Hall–Kier alpha value is -0.570. The third-order valence-electron chi connectivity index (χ3n) is 3.02. The van der Waals surface area contributed by atoms with Crippen LogP contribution in [-0.4, -0.2) is 36.5 Å². The summed E-state index contributed by atoms with van der Waals surface area (Å²) in [6.07, 6.45) is 4.38. The van der Waals surface area contributed by atoms with Gasteiger partial charge in [0.15, 0.2) is 0 Å². The molecule has 0 heterocycles. The maximum Gasteiger partial charge on any atom is 0.237 e. The molecule has 16 heavy (non-hydrogen) atoms. The lowest BCUT2D eigenvalue weighted by Gasteiger charge is -2.27. The lowest BCUT2D eigenvalue weighted by molar-refractivity contribution is -0.126. The molecule has 0 aromatic heterocycles. The van der Waals surface area contributed by atoms with Gasteiger partial charge in [-0.25, -0.2) is 0 Å². The van der Waals surface area contributed by atoms with Crippen LogP contribution in [0.4, 0.5) is 0 Å². The van der Waals surface area contributed by atoms with Crippen LogP contribution in [0.3, 0.4) is 0 Å². The lowest BCUT2D eigenvalue weighted by atomic mass is 10.1. The molecule has 0 bridgehead atoms. The molecule has 0 rings (SSSR count). The van der Waals surface area contributed by atoms with E-state index >= 15 is 0 Å². The van der Waals surface area contributed by atoms with Crippen LogP contribution in [0.2, 0.25) is 0 Å². The van der Waals surface area contributed by atoms with Crippen molar-refractivity contribution in [3.8, 4) is 0 Å². The predicted molar refractivity (Wildman–Crippen MR) is 69.5 cm³/mol. The molecule has 96 valence electrons. The molecule has 1 atom stereocenters. The molecular weight excluding hydrogens is 200 g/mol. The van der Waals surface area contributed by atoms with Crippen LogP contribution in [0.1, 0.15) is 53.4 Å². The van der Waals surface area contributed by atoms with Crippen LogP contribution in [0.5, 0.6) is 0 Å². The van der Waals surface area contributed by atoms with E-state index in [0.29, 0.717) is 0 Å². The van der Waals surface area contributed by atoms with Crippen molar-refractivity contribution in [1.29, 1.82) is 0 Å². The summed E-state index contributed by atoms with van der Waals surface area (Å²) in [5, 5.41) is 3.04. The molecule has 0 fully saturated rings. The standard InChI is InChI=1S/C13H28N2O/c1-5-9-10-11-14-13(16)12(6-2)15(7-3)8-4/h12H,5-11H2,1-4H3,(H,14,16). The van der Waals surface area contributed by atoms with E-state index in [9.17, 15) is 4.79 Å². The average Bonchev–Trinajstić information content (AvgIpc) is 2.31. The second-order valence-electron chi connectivity index (χ2n) is 4.14. The largest absolute Gasteiger partial charge is 0.355 e. The molecule has 0 aliphatic rings. The molecule has 1 amide bonds. The van der Waals surface area contributed by atoms with E-state index in [4.69, 9.17) is 0 Å². The number of likely N-dealkylation sites (N-methyl/N-ethyl adjacent to an activating group) is 1. The van der Waals surface area contributed by atoms with Gasteiger partial charge in [0.1, 0.15) is 0 Å². The molecule has 3 heteroatoms. The molecule has 0 spiro atoms. The van der Waals surface area contributed by atoms with Crippen molar-refractivity contribution >= 4 is 5.91 Å². The molecule has 0 aromatic rings. The van der Waals surface area contributed by atoms with E-state index < -0.39 is 0 Å². The van der Waals surface area contributed by atoms with Crippen LogP contribution < -0.4 is 5.32 Å². The van der Waals surface area contributed by atoms with Gasteiger partial charge in [-0.3, -0.25) is 9.69 Å².